The summed E-state index contributed by atoms with van der Waals surface area (Å²) in [4.78, 5) is 21.0. The van der Waals surface area contributed by atoms with E-state index >= 15 is 0 Å². The van der Waals surface area contributed by atoms with E-state index in [1.165, 1.54) is 7.11 Å². The number of imidazole rings is 1. The van der Waals surface area contributed by atoms with E-state index in [1.807, 2.05) is 24.3 Å². The maximum absolute atomic E-state index is 11.6. The highest BCUT2D eigenvalue weighted by Crippen LogP contribution is 2.18. The maximum atomic E-state index is 11.6. The SMILES string of the molecule is COC(=O)N1CCCC(Nc2nc3ccccc3[nH]2)C1. The van der Waals surface area contributed by atoms with Crippen molar-refractivity contribution in [1.82, 2.24) is 14.9 Å². The number of ether oxygens (including phenoxy) is 1. The van der Waals surface area contributed by atoms with Crippen LogP contribution in [-0.4, -0.2) is 47.2 Å². The van der Waals surface area contributed by atoms with Crippen LogP contribution in [0, 0.1) is 0 Å². The summed E-state index contributed by atoms with van der Waals surface area (Å²) in [5.41, 5.74) is 1.95. The molecule has 0 bridgehead atoms. The molecule has 2 aromatic rings. The van der Waals surface area contributed by atoms with Crippen molar-refractivity contribution >= 4 is 23.1 Å². The number of piperidine rings is 1. The van der Waals surface area contributed by atoms with E-state index in [1.54, 1.807) is 4.90 Å². The number of nitrogens with zero attached hydrogens (tertiary/aromatic N) is 2. The third-order valence-electron chi connectivity index (χ3n) is 3.58. The van der Waals surface area contributed by atoms with Crippen molar-refractivity contribution in [3.63, 3.8) is 0 Å². The third kappa shape index (κ3) is 2.54. The maximum Gasteiger partial charge on any atom is 0.409 e. The number of methoxy groups -OCH3 is 1. The minimum Gasteiger partial charge on any atom is -0.453 e. The first-order valence-corrected chi connectivity index (χ1v) is 6.80. The highest BCUT2D eigenvalue weighted by Gasteiger charge is 2.24. The Morgan fingerprint density at radius 2 is 2.35 bits per heavy atom. The summed E-state index contributed by atoms with van der Waals surface area (Å²) in [6, 6.07) is 8.10. The van der Waals surface area contributed by atoms with E-state index in [4.69, 9.17) is 4.74 Å². The number of H-pyrrole nitrogens is 1. The Hall–Kier alpha value is -2.24. The van der Waals surface area contributed by atoms with Crippen LogP contribution in [0.5, 0.6) is 0 Å². The van der Waals surface area contributed by atoms with Crippen LogP contribution < -0.4 is 5.32 Å². The fourth-order valence-electron chi connectivity index (χ4n) is 2.60. The Balaban J connectivity index is 1.69. The number of amides is 1. The van der Waals surface area contributed by atoms with E-state index in [-0.39, 0.29) is 12.1 Å². The second-order valence-electron chi connectivity index (χ2n) is 5.00. The molecule has 2 heterocycles. The molecule has 1 atom stereocenters. The molecule has 1 aliphatic heterocycles. The number of para-hydroxylation sites is 2. The molecule has 0 saturated carbocycles. The summed E-state index contributed by atoms with van der Waals surface area (Å²) in [5, 5.41) is 3.36. The summed E-state index contributed by atoms with van der Waals surface area (Å²) in [6.45, 7) is 1.40. The predicted octanol–water partition coefficient (Wildman–Crippen LogP) is 2.21. The molecular weight excluding hydrogens is 256 g/mol. The molecule has 1 aromatic carbocycles. The van der Waals surface area contributed by atoms with E-state index in [0.29, 0.717) is 6.54 Å². The van der Waals surface area contributed by atoms with E-state index < -0.39 is 0 Å². The first-order chi connectivity index (χ1) is 9.76. The van der Waals surface area contributed by atoms with Crippen LogP contribution in [-0.2, 0) is 4.74 Å². The lowest BCUT2D eigenvalue weighted by Crippen LogP contribution is -2.45. The van der Waals surface area contributed by atoms with Gasteiger partial charge in [-0.05, 0) is 25.0 Å². The average molecular weight is 274 g/mol. The number of aromatic nitrogens is 2. The zero-order valence-electron chi connectivity index (χ0n) is 11.4. The van der Waals surface area contributed by atoms with Crippen molar-refractivity contribution in [3.8, 4) is 0 Å². The van der Waals surface area contributed by atoms with Crippen molar-refractivity contribution < 1.29 is 9.53 Å². The largest absolute Gasteiger partial charge is 0.453 e. The van der Waals surface area contributed by atoms with Gasteiger partial charge in [-0.25, -0.2) is 9.78 Å². The molecule has 6 heteroatoms. The van der Waals surface area contributed by atoms with Gasteiger partial charge in [-0.15, -0.1) is 0 Å². The molecule has 1 fully saturated rings. The van der Waals surface area contributed by atoms with Gasteiger partial charge in [-0.2, -0.15) is 0 Å². The van der Waals surface area contributed by atoms with Gasteiger partial charge in [-0.1, -0.05) is 12.1 Å². The number of carbonyl (C=O) groups excluding carboxylic acids is 1. The van der Waals surface area contributed by atoms with Crippen molar-refractivity contribution in [2.75, 3.05) is 25.5 Å². The predicted molar refractivity (Wildman–Crippen MR) is 76.7 cm³/mol. The zero-order chi connectivity index (χ0) is 13.9. The third-order valence-corrected chi connectivity index (χ3v) is 3.58. The quantitative estimate of drug-likeness (QED) is 0.880. The van der Waals surface area contributed by atoms with Crippen molar-refractivity contribution in [3.05, 3.63) is 24.3 Å². The summed E-state index contributed by atoms with van der Waals surface area (Å²) in [5.74, 6) is 0.753. The van der Waals surface area contributed by atoms with Gasteiger partial charge >= 0.3 is 6.09 Å². The number of fused-ring (bicyclic) bond motifs is 1. The molecule has 1 unspecified atom stereocenters. The molecule has 3 rings (SSSR count). The fraction of sp³-hybridized carbons (Fsp3) is 0.429. The summed E-state index contributed by atoms with van der Waals surface area (Å²) in [6.07, 6.45) is 1.72. The fourth-order valence-corrected chi connectivity index (χ4v) is 2.60. The summed E-state index contributed by atoms with van der Waals surface area (Å²) in [7, 11) is 1.42. The van der Waals surface area contributed by atoms with Crippen LogP contribution >= 0.6 is 0 Å². The number of aromatic amines is 1. The number of hydrogen-bond acceptors (Lipinski definition) is 4. The van der Waals surface area contributed by atoms with Gasteiger partial charge < -0.3 is 19.9 Å². The average Bonchev–Trinajstić information content (AvgIpc) is 2.88. The highest BCUT2D eigenvalue weighted by molar-refractivity contribution is 5.77. The topological polar surface area (TPSA) is 70.2 Å². The molecule has 1 saturated heterocycles. The molecule has 2 N–H and O–H groups in total. The molecule has 0 aliphatic carbocycles. The molecule has 0 radical (unpaired) electrons. The lowest BCUT2D eigenvalue weighted by molar-refractivity contribution is 0.113. The Morgan fingerprint density at radius 3 is 3.15 bits per heavy atom. The normalized spacial score (nSPS) is 19.1. The number of rotatable bonds is 2. The van der Waals surface area contributed by atoms with Crippen LogP contribution in [0.15, 0.2) is 24.3 Å². The monoisotopic (exact) mass is 274 g/mol. The second kappa shape index (κ2) is 5.40. The number of likely N-dealkylation sites (tertiary alicyclic amines) is 1. The molecule has 1 aromatic heterocycles. The summed E-state index contributed by atoms with van der Waals surface area (Å²) < 4.78 is 4.77. The van der Waals surface area contributed by atoms with Gasteiger partial charge in [0.1, 0.15) is 0 Å². The van der Waals surface area contributed by atoms with Crippen LogP contribution in [0.3, 0.4) is 0 Å². The van der Waals surface area contributed by atoms with E-state index in [2.05, 4.69) is 15.3 Å². The van der Waals surface area contributed by atoms with Crippen LogP contribution in [0.25, 0.3) is 11.0 Å². The minimum atomic E-state index is -0.263. The van der Waals surface area contributed by atoms with Crippen LogP contribution in [0.1, 0.15) is 12.8 Å². The van der Waals surface area contributed by atoms with Crippen molar-refractivity contribution in [2.45, 2.75) is 18.9 Å². The van der Waals surface area contributed by atoms with Gasteiger partial charge in [0.05, 0.1) is 18.1 Å². The summed E-state index contributed by atoms with van der Waals surface area (Å²) >= 11 is 0. The Labute approximate surface area is 117 Å². The Bertz CT molecular complexity index is 577. The number of benzene rings is 1. The first kappa shape index (κ1) is 12.8. The van der Waals surface area contributed by atoms with Crippen LogP contribution in [0.4, 0.5) is 10.7 Å². The number of anilines is 1. The lowest BCUT2D eigenvalue weighted by atomic mass is 10.1. The first-order valence-electron chi connectivity index (χ1n) is 6.80. The smallest absolute Gasteiger partial charge is 0.409 e. The molecular formula is C14H18N4O2. The molecule has 1 amide bonds. The number of nitrogens with one attached hydrogen (secondary N) is 2. The zero-order valence-corrected chi connectivity index (χ0v) is 11.4. The molecule has 20 heavy (non-hydrogen) atoms. The number of hydrogen-bond donors (Lipinski definition) is 2. The minimum absolute atomic E-state index is 0.198. The van der Waals surface area contributed by atoms with Gasteiger partial charge in [0.15, 0.2) is 0 Å². The standard InChI is InChI=1S/C14H18N4O2/c1-20-14(19)18-8-4-5-10(9-18)15-13-16-11-6-2-3-7-12(11)17-13/h2-3,6-7,10H,4-5,8-9H2,1H3,(H2,15,16,17). The van der Waals surface area contributed by atoms with Gasteiger partial charge in [-0.3, -0.25) is 0 Å². The molecule has 1 aliphatic rings. The molecule has 6 nitrogen and oxygen atoms in total. The second-order valence-corrected chi connectivity index (χ2v) is 5.00. The van der Waals surface area contributed by atoms with Gasteiger partial charge in [0.2, 0.25) is 5.95 Å². The van der Waals surface area contributed by atoms with Gasteiger partial charge in [0.25, 0.3) is 0 Å². The van der Waals surface area contributed by atoms with E-state index in [0.717, 1.165) is 36.4 Å². The van der Waals surface area contributed by atoms with Crippen molar-refractivity contribution in [1.29, 1.82) is 0 Å². The molecule has 106 valence electrons. The van der Waals surface area contributed by atoms with Crippen molar-refractivity contribution in [2.24, 2.45) is 0 Å². The van der Waals surface area contributed by atoms with Gasteiger partial charge in [0, 0.05) is 19.1 Å². The lowest BCUT2D eigenvalue weighted by Gasteiger charge is -2.31. The Kier molecular flexibility index (Phi) is 3.45. The highest BCUT2D eigenvalue weighted by atomic mass is 16.5. The van der Waals surface area contributed by atoms with E-state index in [9.17, 15) is 4.79 Å². The Morgan fingerprint density at radius 1 is 1.50 bits per heavy atom. The van der Waals surface area contributed by atoms with Crippen LogP contribution in [0.2, 0.25) is 0 Å². The molecule has 0 spiro atoms. The number of carbonyl (C=O) groups is 1.